The molecule has 7 heteroatoms. The number of hydrogen-bond acceptors (Lipinski definition) is 4. The minimum absolute atomic E-state index is 0.129. The van der Waals surface area contributed by atoms with Crippen LogP contribution in [0.2, 0.25) is 0 Å². The number of aliphatic carboxylic acids is 1. The van der Waals surface area contributed by atoms with E-state index in [1.165, 1.54) is 6.08 Å². The van der Waals surface area contributed by atoms with Gasteiger partial charge in [-0.25, -0.2) is 4.79 Å². The summed E-state index contributed by atoms with van der Waals surface area (Å²) in [7, 11) is 1.56. The maximum atomic E-state index is 13.1. The molecule has 0 aliphatic heterocycles. The lowest BCUT2D eigenvalue weighted by Crippen LogP contribution is -2.52. The fraction of sp³-hybridized carbons (Fsp3) is 0.179. The molecular formula is C28H28N2O5. The minimum atomic E-state index is -1.15. The van der Waals surface area contributed by atoms with Crippen molar-refractivity contribution >= 4 is 23.9 Å². The molecule has 0 spiro atoms. The summed E-state index contributed by atoms with van der Waals surface area (Å²) < 4.78 is 5.19. The SMILES string of the molecule is COc1cccc(C=CC(=O)N[C@@H](Cc2ccccc2)C(=O)N[C@@H](Cc2ccccc2)C(=O)O)c1. The predicted octanol–water partition coefficient (Wildman–Crippen LogP) is 3.25. The molecule has 0 bridgehead atoms. The predicted molar refractivity (Wildman–Crippen MR) is 134 cm³/mol. The van der Waals surface area contributed by atoms with Gasteiger partial charge in [0.05, 0.1) is 7.11 Å². The number of hydrogen-bond donors (Lipinski definition) is 3. The fourth-order valence-corrected chi connectivity index (χ4v) is 3.52. The Kier molecular flexibility index (Phi) is 9.19. The number of methoxy groups -OCH3 is 1. The number of amides is 2. The van der Waals surface area contributed by atoms with Crippen molar-refractivity contribution in [3.63, 3.8) is 0 Å². The van der Waals surface area contributed by atoms with Crippen molar-refractivity contribution in [2.45, 2.75) is 24.9 Å². The monoisotopic (exact) mass is 472 g/mol. The number of ether oxygens (including phenoxy) is 1. The highest BCUT2D eigenvalue weighted by molar-refractivity contribution is 5.96. The van der Waals surface area contributed by atoms with Gasteiger partial charge in [-0.2, -0.15) is 0 Å². The van der Waals surface area contributed by atoms with Crippen molar-refractivity contribution in [2.24, 2.45) is 0 Å². The highest BCUT2D eigenvalue weighted by atomic mass is 16.5. The summed E-state index contributed by atoms with van der Waals surface area (Å²) in [5.74, 6) is -1.53. The van der Waals surface area contributed by atoms with Crippen LogP contribution in [0, 0.1) is 0 Å². The Bertz CT molecular complexity index is 1160. The van der Waals surface area contributed by atoms with E-state index in [-0.39, 0.29) is 12.8 Å². The van der Waals surface area contributed by atoms with Crippen LogP contribution in [0.1, 0.15) is 16.7 Å². The first kappa shape index (κ1) is 25.2. The number of rotatable bonds is 11. The number of carboxylic acid groups (broad SMARTS) is 1. The van der Waals surface area contributed by atoms with Crippen molar-refractivity contribution in [3.05, 3.63) is 108 Å². The number of benzene rings is 3. The normalized spacial score (nSPS) is 12.5. The molecule has 35 heavy (non-hydrogen) atoms. The van der Waals surface area contributed by atoms with E-state index in [0.717, 1.165) is 16.7 Å². The number of carboxylic acids is 1. The van der Waals surface area contributed by atoms with Gasteiger partial charge in [-0.3, -0.25) is 9.59 Å². The highest BCUT2D eigenvalue weighted by Crippen LogP contribution is 2.13. The molecular weight excluding hydrogens is 444 g/mol. The van der Waals surface area contributed by atoms with E-state index in [0.29, 0.717) is 5.75 Å². The number of carbonyl (C=O) groups is 3. The second-order valence-corrected chi connectivity index (χ2v) is 7.95. The second-order valence-electron chi connectivity index (χ2n) is 7.95. The Morgan fingerprint density at radius 3 is 2.00 bits per heavy atom. The lowest BCUT2D eigenvalue weighted by molar-refractivity contribution is -0.142. The second kappa shape index (κ2) is 12.7. The van der Waals surface area contributed by atoms with E-state index in [4.69, 9.17) is 4.74 Å². The van der Waals surface area contributed by atoms with Gasteiger partial charge in [0.1, 0.15) is 17.8 Å². The van der Waals surface area contributed by atoms with Gasteiger partial charge in [-0.1, -0.05) is 72.8 Å². The van der Waals surface area contributed by atoms with Crippen LogP contribution >= 0.6 is 0 Å². The number of carbonyl (C=O) groups excluding carboxylic acids is 2. The van der Waals surface area contributed by atoms with Gasteiger partial charge in [0.25, 0.3) is 0 Å². The maximum Gasteiger partial charge on any atom is 0.326 e. The smallest absolute Gasteiger partial charge is 0.326 e. The molecule has 0 saturated heterocycles. The van der Waals surface area contributed by atoms with Crippen LogP contribution in [0.25, 0.3) is 6.08 Å². The van der Waals surface area contributed by atoms with Gasteiger partial charge in [0.2, 0.25) is 11.8 Å². The van der Waals surface area contributed by atoms with Crippen LogP contribution in [-0.2, 0) is 27.2 Å². The Morgan fingerprint density at radius 2 is 1.43 bits per heavy atom. The summed E-state index contributed by atoms with van der Waals surface area (Å²) in [6.45, 7) is 0. The fourth-order valence-electron chi connectivity index (χ4n) is 3.52. The molecule has 3 aromatic carbocycles. The molecule has 0 aliphatic carbocycles. The van der Waals surface area contributed by atoms with E-state index >= 15 is 0 Å². The lowest BCUT2D eigenvalue weighted by Gasteiger charge is -2.21. The van der Waals surface area contributed by atoms with Crippen molar-refractivity contribution < 1.29 is 24.2 Å². The summed E-state index contributed by atoms with van der Waals surface area (Å²) in [6, 6.07) is 23.4. The van der Waals surface area contributed by atoms with Crippen LogP contribution in [-0.4, -0.2) is 42.1 Å². The Hall–Kier alpha value is -4.39. The first-order valence-corrected chi connectivity index (χ1v) is 11.2. The third-order valence-electron chi connectivity index (χ3n) is 5.33. The van der Waals surface area contributed by atoms with Crippen LogP contribution in [0.15, 0.2) is 91.0 Å². The van der Waals surface area contributed by atoms with Crippen LogP contribution < -0.4 is 15.4 Å². The van der Waals surface area contributed by atoms with E-state index in [1.54, 1.807) is 43.5 Å². The number of nitrogens with one attached hydrogen (secondary N) is 2. The quantitative estimate of drug-likeness (QED) is 0.372. The largest absolute Gasteiger partial charge is 0.497 e. The van der Waals surface area contributed by atoms with Crippen molar-refractivity contribution in [2.75, 3.05) is 7.11 Å². The topological polar surface area (TPSA) is 105 Å². The Morgan fingerprint density at radius 1 is 0.829 bits per heavy atom. The zero-order chi connectivity index (χ0) is 25.0. The van der Waals surface area contributed by atoms with Crippen LogP contribution in [0.5, 0.6) is 5.75 Å². The van der Waals surface area contributed by atoms with E-state index in [9.17, 15) is 19.5 Å². The summed E-state index contributed by atoms with van der Waals surface area (Å²) >= 11 is 0. The van der Waals surface area contributed by atoms with Gasteiger partial charge >= 0.3 is 5.97 Å². The molecule has 0 heterocycles. The van der Waals surface area contributed by atoms with E-state index < -0.39 is 29.9 Å². The molecule has 0 aliphatic rings. The molecule has 7 nitrogen and oxygen atoms in total. The summed E-state index contributed by atoms with van der Waals surface area (Å²) in [6.07, 6.45) is 3.29. The van der Waals surface area contributed by atoms with Gasteiger partial charge in [0, 0.05) is 18.9 Å². The standard InChI is InChI=1S/C28H28N2O5/c1-35-23-14-8-13-22(17-23)15-16-26(31)29-24(18-20-9-4-2-5-10-20)27(32)30-25(28(33)34)19-21-11-6-3-7-12-21/h2-17,24-25H,18-19H2,1H3,(H,29,31)(H,30,32)(H,33,34)/t24-,25-/m0/s1. The molecule has 0 saturated carbocycles. The molecule has 3 rings (SSSR count). The van der Waals surface area contributed by atoms with E-state index in [2.05, 4.69) is 10.6 Å². The molecule has 0 aromatic heterocycles. The summed E-state index contributed by atoms with van der Waals surface area (Å²) in [5.41, 5.74) is 2.38. The minimum Gasteiger partial charge on any atom is -0.497 e. The van der Waals surface area contributed by atoms with Gasteiger partial charge in [-0.05, 0) is 34.9 Å². The Balaban J connectivity index is 1.73. The molecule has 3 aromatic rings. The van der Waals surface area contributed by atoms with E-state index in [1.807, 2.05) is 54.6 Å². The van der Waals surface area contributed by atoms with Crippen molar-refractivity contribution in [1.82, 2.24) is 10.6 Å². The lowest BCUT2D eigenvalue weighted by atomic mass is 10.0. The zero-order valence-electron chi connectivity index (χ0n) is 19.4. The average Bonchev–Trinajstić information content (AvgIpc) is 2.88. The first-order chi connectivity index (χ1) is 16.9. The first-order valence-electron chi connectivity index (χ1n) is 11.2. The molecule has 2 atom stereocenters. The van der Waals surface area contributed by atoms with Crippen molar-refractivity contribution in [3.8, 4) is 5.75 Å². The van der Waals surface area contributed by atoms with Crippen LogP contribution in [0.4, 0.5) is 0 Å². The third kappa shape index (κ3) is 8.16. The summed E-state index contributed by atoms with van der Waals surface area (Å²) in [4.78, 5) is 37.6. The molecule has 3 N–H and O–H groups in total. The molecule has 0 unspecified atom stereocenters. The molecule has 0 radical (unpaired) electrons. The zero-order valence-corrected chi connectivity index (χ0v) is 19.4. The molecule has 2 amide bonds. The molecule has 0 fully saturated rings. The third-order valence-corrected chi connectivity index (χ3v) is 5.33. The highest BCUT2D eigenvalue weighted by Gasteiger charge is 2.26. The average molecular weight is 473 g/mol. The van der Waals surface area contributed by atoms with Gasteiger partial charge in [-0.15, -0.1) is 0 Å². The Labute approximate surface area is 204 Å². The van der Waals surface area contributed by atoms with Crippen molar-refractivity contribution in [1.29, 1.82) is 0 Å². The van der Waals surface area contributed by atoms with Crippen LogP contribution in [0.3, 0.4) is 0 Å². The van der Waals surface area contributed by atoms with Gasteiger partial charge in [0.15, 0.2) is 0 Å². The molecule has 180 valence electrons. The maximum absolute atomic E-state index is 13.1. The van der Waals surface area contributed by atoms with Gasteiger partial charge < -0.3 is 20.5 Å². The summed E-state index contributed by atoms with van der Waals surface area (Å²) in [5, 5.41) is 15.0.